The summed E-state index contributed by atoms with van der Waals surface area (Å²) in [5.74, 6) is 1.05. The maximum Gasteiger partial charge on any atom is 0.409 e. The van der Waals surface area contributed by atoms with Gasteiger partial charge in [-0.05, 0) is 63.9 Å². The molecule has 2 N–H and O–H groups in total. The highest BCUT2D eigenvalue weighted by Gasteiger charge is 2.56. The van der Waals surface area contributed by atoms with E-state index in [2.05, 4.69) is 58.2 Å². The van der Waals surface area contributed by atoms with Gasteiger partial charge in [-0.15, -0.1) is 0 Å². The van der Waals surface area contributed by atoms with Crippen LogP contribution in [-0.4, -0.2) is 111 Å². The van der Waals surface area contributed by atoms with Crippen LogP contribution in [0.15, 0.2) is 23.8 Å². The zero-order valence-corrected chi connectivity index (χ0v) is 28.8. The van der Waals surface area contributed by atoms with Crippen molar-refractivity contribution in [3.63, 3.8) is 0 Å². The summed E-state index contributed by atoms with van der Waals surface area (Å²) in [6.07, 6.45) is 10.2. The Balaban J connectivity index is 0. The van der Waals surface area contributed by atoms with Crippen molar-refractivity contribution in [1.29, 1.82) is 0 Å². The van der Waals surface area contributed by atoms with Crippen molar-refractivity contribution in [1.82, 2.24) is 10.2 Å². The van der Waals surface area contributed by atoms with Crippen molar-refractivity contribution in [2.45, 2.75) is 116 Å². The summed E-state index contributed by atoms with van der Waals surface area (Å²) in [4.78, 5) is 26.2. The Kier molecular flexibility index (Phi) is 15.5. The quantitative estimate of drug-likeness (QED) is 0.111. The van der Waals surface area contributed by atoms with E-state index in [1.165, 1.54) is 5.57 Å². The van der Waals surface area contributed by atoms with Crippen LogP contribution < -0.4 is 5.32 Å². The number of rotatable bonds is 18. The van der Waals surface area contributed by atoms with E-state index in [0.29, 0.717) is 51.0 Å². The van der Waals surface area contributed by atoms with Crippen molar-refractivity contribution < 1.29 is 44.1 Å². The molecule has 1 amide bonds. The third kappa shape index (κ3) is 12.0. The first-order chi connectivity index (χ1) is 21.4. The van der Waals surface area contributed by atoms with E-state index >= 15 is 0 Å². The van der Waals surface area contributed by atoms with E-state index in [0.717, 1.165) is 38.8 Å². The van der Waals surface area contributed by atoms with Gasteiger partial charge in [0.25, 0.3) is 0 Å². The van der Waals surface area contributed by atoms with Crippen LogP contribution in [0.2, 0.25) is 0 Å². The first-order valence-electron chi connectivity index (χ1n) is 17.1. The number of allylic oxidation sites excluding steroid dienone is 3. The monoisotopic (exact) mass is 644 g/mol. The molecule has 9 atom stereocenters. The number of hydrogen-bond acceptors (Lipinski definition) is 9. The molecule has 45 heavy (non-hydrogen) atoms. The predicted molar refractivity (Wildman–Crippen MR) is 183 cm³/mol. The zero-order chi connectivity index (χ0) is 33.0. The summed E-state index contributed by atoms with van der Waals surface area (Å²) in [5, 5.41) is 13.2. The predicted octanol–water partition coefficient (Wildman–Crippen LogP) is 5.67. The molecular weight excluding hydrogens is 576 g/mol. The maximum absolute atomic E-state index is 12.5. The van der Waals surface area contributed by atoms with E-state index in [-0.39, 0.29) is 60.1 Å². The molecule has 0 aliphatic carbocycles. The van der Waals surface area contributed by atoms with Gasteiger partial charge in [0.1, 0.15) is 12.4 Å². The number of Topliss-reactive ketones (excluding diaryl/α,β-unsaturated/α-hetero) is 1. The van der Waals surface area contributed by atoms with Gasteiger partial charge in [-0.25, -0.2) is 4.79 Å². The average Bonchev–Trinajstić information content (AvgIpc) is 3.68. The molecule has 0 radical (unpaired) electrons. The molecule has 3 aliphatic rings. The van der Waals surface area contributed by atoms with Gasteiger partial charge in [-0.1, -0.05) is 39.0 Å². The number of piperazine rings is 1. The van der Waals surface area contributed by atoms with Gasteiger partial charge in [0, 0.05) is 57.8 Å². The number of nitrogens with one attached hydrogen (secondary N) is 1. The summed E-state index contributed by atoms with van der Waals surface area (Å²) >= 11 is 0. The van der Waals surface area contributed by atoms with Crippen LogP contribution in [0.4, 0.5) is 4.79 Å². The highest BCUT2D eigenvalue weighted by molar-refractivity contribution is 5.78. The summed E-state index contributed by atoms with van der Waals surface area (Å²) in [6, 6.07) is 0. The summed E-state index contributed by atoms with van der Waals surface area (Å²) in [5.41, 5.74) is 0.999. The molecule has 0 aromatic heterocycles. The van der Waals surface area contributed by atoms with Crippen LogP contribution in [0, 0.1) is 17.8 Å². The van der Waals surface area contributed by atoms with Crippen molar-refractivity contribution in [3.8, 4) is 0 Å². The molecule has 3 aliphatic heterocycles. The maximum atomic E-state index is 12.5. The number of hydrogen-bond donors (Lipinski definition) is 2. The lowest BCUT2D eigenvalue weighted by Gasteiger charge is -2.35. The highest BCUT2D eigenvalue weighted by atomic mass is 16.6. The fraction of sp³-hybridized carbons (Fsp3) is 0.829. The number of carbonyl (C=O) groups excluding carboxylic acids is 2. The molecule has 0 spiro atoms. The largest absolute Gasteiger partial charge is 0.447 e. The Morgan fingerprint density at radius 3 is 2.56 bits per heavy atom. The zero-order valence-electron chi connectivity index (χ0n) is 28.8. The first kappa shape index (κ1) is 37.6. The molecule has 0 bridgehead atoms. The van der Waals surface area contributed by atoms with Gasteiger partial charge in [-0.2, -0.15) is 0 Å². The number of ether oxygens (including phenoxy) is 5. The number of aliphatic hydroxyl groups excluding tert-OH is 1. The lowest BCUT2D eigenvalue weighted by Crippen LogP contribution is -2.46. The molecule has 3 saturated heterocycles. The number of ketones is 1. The fourth-order valence-electron chi connectivity index (χ4n) is 6.95. The smallest absolute Gasteiger partial charge is 0.409 e. The molecule has 0 unspecified atom stereocenters. The highest BCUT2D eigenvalue weighted by Crippen LogP contribution is 2.47. The first-order valence-corrected chi connectivity index (χ1v) is 17.1. The minimum atomic E-state index is -0.536. The second-order valence-electron chi connectivity index (χ2n) is 13.7. The molecular formula is C35H68N2O8. The number of methoxy groups -OCH3 is 1. The van der Waals surface area contributed by atoms with Gasteiger partial charge in [0.2, 0.25) is 0 Å². The molecule has 10 nitrogen and oxygen atoms in total. The second-order valence-corrected chi connectivity index (χ2v) is 13.7. The number of carbonyl (C=O) groups is 2. The SMILES string of the molecule is CO[C@H]([C@@H](C)[C@H]1O[C@]1(C)C[C@H](C)/C=C/C=C(\C)[C@H]1O[C@@H](CCC(=O)CCOCCOC(=O)N2CCNCC2)CC[C@@H]1C)[C@@H](C)O.[HH].[HH].[HH].[HH]. The van der Waals surface area contributed by atoms with Gasteiger partial charge >= 0.3 is 6.09 Å². The Morgan fingerprint density at radius 1 is 1.13 bits per heavy atom. The molecule has 3 heterocycles. The number of epoxide rings is 1. The van der Waals surface area contributed by atoms with E-state index in [4.69, 9.17) is 23.7 Å². The Hall–Kier alpha value is -1.82. The Bertz CT molecular complexity index is 1000. The normalized spacial score (nSPS) is 30.1. The minimum Gasteiger partial charge on any atom is -0.447 e. The van der Waals surface area contributed by atoms with Gasteiger partial charge < -0.3 is 39.0 Å². The third-order valence-corrected chi connectivity index (χ3v) is 9.56. The van der Waals surface area contributed by atoms with E-state index in [1.54, 1.807) is 18.9 Å². The molecule has 10 heteroatoms. The summed E-state index contributed by atoms with van der Waals surface area (Å²) in [7, 11) is 1.64. The Morgan fingerprint density at radius 2 is 1.87 bits per heavy atom. The van der Waals surface area contributed by atoms with E-state index in [9.17, 15) is 14.7 Å². The van der Waals surface area contributed by atoms with E-state index < -0.39 is 6.10 Å². The van der Waals surface area contributed by atoms with Crippen LogP contribution in [-0.2, 0) is 28.5 Å². The van der Waals surface area contributed by atoms with Crippen molar-refractivity contribution >= 4 is 11.9 Å². The molecule has 266 valence electrons. The average molecular weight is 645 g/mol. The molecule has 0 aromatic rings. The number of amides is 1. The molecule has 0 aromatic carbocycles. The van der Waals surface area contributed by atoms with Gasteiger partial charge in [0.05, 0.1) is 49.3 Å². The lowest BCUT2D eigenvalue weighted by atomic mass is 9.85. The van der Waals surface area contributed by atoms with Gasteiger partial charge in [-0.3, -0.25) is 4.79 Å². The number of nitrogens with zero attached hydrogens (tertiary/aromatic N) is 1. The van der Waals surface area contributed by atoms with Crippen LogP contribution in [0.3, 0.4) is 0 Å². The van der Waals surface area contributed by atoms with Crippen LogP contribution >= 0.6 is 0 Å². The lowest BCUT2D eigenvalue weighted by molar-refractivity contribution is -0.122. The second kappa shape index (κ2) is 18.5. The molecule has 0 saturated carbocycles. The third-order valence-electron chi connectivity index (χ3n) is 9.56. The summed E-state index contributed by atoms with van der Waals surface area (Å²) < 4.78 is 28.9. The van der Waals surface area contributed by atoms with Crippen molar-refractivity contribution in [2.75, 3.05) is 53.1 Å². The van der Waals surface area contributed by atoms with Crippen LogP contribution in [0.1, 0.15) is 85.8 Å². The van der Waals surface area contributed by atoms with Crippen LogP contribution in [0.25, 0.3) is 0 Å². The van der Waals surface area contributed by atoms with E-state index in [1.807, 2.05) is 0 Å². The minimum absolute atomic E-state index is 0. The topological polar surface area (TPSA) is 119 Å². The fourth-order valence-corrected chi connectivity index (χ4v) is 6.95. The van der Waals surface area contributed by atoms with Crippen molar-refractivity contribution in [2.24, 2.45) is 17.8 Å². The van der Waals surface area contributed by atoms with Gasteiger partial charge in [0.15, 0.2) is 0 Å². The standard InChI is InChI=1S/C35H60N2O8.4H2/c1-24(23-35(6)33(45-35)27(4)32(41-7)28(5)38)9-8-10-25(2)31-26(3)11-13-30(44-31)14-12-29(39)15-20-42-21-22-43-34(40)37-18-16-36-17-19-37;;;;/h8-10,24,26-28,30-33,36,38H,11-23H2,1-7H3;4*1H/b9-8+,25-10+;;;;/t24-,26+,27-,28-,30-,31-,32-,33-,35-;;;;/m1..../s1. The Labute approximate surface area is 277 Å². The van der Waals surface area contributed by atoms with Crippen LogP contribution in [0.5, 0.6) is 0 Å². The molecule has 3 fully saturated rings. The molecule has 3 rings (SSSR count). The van der Waals surface area contributed by atoms with Crippen molar-refractivity contribution in [3.05, 3.63) is 23.8 Å². The number of aliphatic hydroxyl groups is 1. The summed E-state index contributed by atoms with van der Waals surface area (Å²) in [6.45, 7) is 16.3.